The Morgan fingerprint density at radius 1 is 1.12 bits per heavy atom. The summed E-state index contributed by atoms with van der Waals surface area (Å²) in [6.45, 7) is -0.312. The summed E-state index contributed by atoms with van der Waals surface area (Å²) < 4.78 is 0. The molecule has 1 heterocycles. The van der Waals surface area contributed by atoms with Crippen LogP contribution in [0.5, 0.6) is 0 Å². The first-order valence-electron chi connectivity index (χ1n) is 8.05. The maximum absolute atomic E-state index is 12.8. The van der Waals surface area contributed by atoms with E-state index in [0.29, 0.717) is 17.9 Å². The molecule has 1 N–H and O–H groups in total. The van der Waals surface area contributed by atoms with Gasteiger partial charge < -0.3 is 5.32 Å². The van der Waals surface area contributed by atoms with Crippen molar-refractivity contribution >= 4 is 40.9 Å². The van der Waals surface area contributed by atoms with Gasteiger partial charge in [0.05, 0.1) is 11.6 Å². The molecular formula is C17H18Cl2N2O3. The number of carbonyl (C=O) groups excluding carboxylic acids is 3. The quantitative estimate of drug-likeness (QED) is 0.651. The number of halogens is 2. The number of hydrogen-bond acceptors (Lipinski definition) is 3. The molecule has 2 aliphatic rings. The van der Waals surface area contributed by atoms with Crippen LogP contribution in [0.1, 0.15) is 48.9 Å². The molecule has 2 fully saturated rings. The zero-order valence-electron chi connectivity index (χ0n) is 13.1. The third-order valence-electron chi connectivity index (χ3n) is 4.74. The normalized spacial score (nSPS) is 20.2. The van der Waals surface area contributed by atoms with Crippen LogP contribution in [0.25, 0.3) is 0 Å². The van der Waals surface area contributed by atoms with Gasteiger partial charge in [0.25, 0.3) is 5.91 Å². The van der Waals surface area contributed by atoms with Crippen molar-refractivity contribution in [3.63, 3.8) is 0 Å². The van der Waals surface area contributed by atoms with E-state index in [1.54, 1.807) is 6.07 Å². The van der Waals surface area contributed by atoms with Crippen LogP contribution >= 0.6 is 23.2 Å². The number of rotatable bonds is 3. The van der Waals surface area contributed by atoms with Crippen molar-refractivity contribution in [3.05, 3.63) is 33.8 Å². The molecule has 1 saturated carbocycles. The van der Waals surface area contributed by atoms with Gasteiger partial charge in [0.15, 0.2) is 5.78 Å². The minimum atomic E-state index is -0.836. The zero-order valence-corrected chi connectivity index (χ0v) is 14.6. The van der Waals surface area contributed by atoms with Crippen LogP contribution in [0.3, 0.4) is 0 Å². The van der Waals surface area contributed by atoms with E-state index in [1.807, 2.05) is 0 Å². The lowest BCUT2D eigenvalue weighted by Gasteiger charge is -2.24. The van der Waals surface area contributed by atoms with Gasteiger partial charge in [0.1, 0.15) is 5.54 Å². The topological polar surface area (TPSA) is 66.5 Å². The second kappa shape index (κ2) is 6.73. The van der Waals surface area contributed by atoms with Gasteiger partial charge in [-0.25, -0.2) is 4.79 Å². The smallest absolute Gasteiger partial charge is 0.323 e. The molecule has 24 heavy (non-hydrogen) atoms. The molecule has 1 spiro atoms. The highest BCUT2D eigenvalue weighted by Gasteiger charge is 2.51. The fourth-order valence-corrected chi connectivity index (χ4v) is 3.95. The fraction of sp³-hybridized carbons (Fsp3) is 0.471. The molecule has 1 aliphatic heterocycles. The number of carbonyl (C=O) groups is 3. The Hall–Kier alpha value is -1.59. The van der Waals surface area contributed by atoms with Gasteiger partial charge in [-0.05, 0) is 31.0 Å². The number of nitrogens with one attached hydrogen (secondary N) is 1. The Morgan fingerprint density at radius 2 is 1.79 bits per heavy atom. The molecule has 0 aromatic heterocycles. The first-order valence-corrected chi connectivity index (χ1v) is 8.81. The number of ketones is 1. The lowest BCUT2D eigenvalue weighted by atomic mass is 9.90. The Labute approximate surface area is 150 Å². The van der Waals surface area contributed by atoms with Gasteiger partial charge in [-0.1, -0.05) is 48.9 Å². The van der Waals surface area contributed by atoms with Crippen molar-refractivity contribution in [1.82, 2.24) is 10.2 Å². The third-order valence-corrected chi connectivity index (χ3v) is 5.28. The predicted molar refractivity (Wildman–Crippen MR) is 91.5 cm³/mol. The van der Waals surface area contributed by atoms with E-state index in [9.17, 15) is 14.4 Å². The number of nitrogens with zero attached hydrogens (tertiary/aromatic N) is 1. The zero-order chi connectivity index (χ0) is 17.3. The minimum absolute atomic E-state index is 0.212. The van der Waals surface area contributed by atoms with Gasteiger partial charge in [-0.15, -0.1) is 0 Å². The maximum Gasteiger partial charge on any atom is 0.325 e. The summed E-state index contributed by atoms with van der Waals surface area (Å²) in [7, 11) is 0. The molecule has 128 valence electrons. The summed E-state index contributed by atoms with van der Waals surface area (Å²) in [6.07, 6.45) is 5.18. The lowest BCUT2D eigenvalue weighted by molar-refractivity contribution is -0.131. The van der Waals surface area contributed by atoms with Gasteiger partial charge in [0, 0.05) is 10.6 Å². The van der Waals surface area contributed by atoms with E-state index in [2.05, 4.69) is 5.32 Å². The molecule has 7 heteroatoms. The van der Waals surface area contributed by atoms with Crippen molar-refractivity contribution in [2.75, 3.05) is 6.54 Å². The first kappa shape index (κ1) is 17.2. The second-order valence-electron chi connectivity index (χ2n) is 6.37. The molecule has 1 aliphatic carbocycles. The summed E-state index contributed by atoms with van der Waals surface area (Å²) in [5, 5.41) is 3.45. The number of benzene rings is 1. The molecule has 0 atom stereocenters. The van der Waals surface area contributed by atoms with E-state index in [1.165, 1.54) is 12.1 Å². The number of amides is 3. The molecule has 3 amide bonds. The largest absolute Gasteiger partial charge is 0.325 e. The van der Waals surface area contributed by atoms with Crippen LogP contribution in [0.4, 0.5) is 4.79 Å². The third kappa shape index (κ3) is 3.15. The Morgan fingerprint density at radius 3 is 2.42 bits per heavy atom. The van der Waals surface area contributed by atoms with E-state index in [4.69, 9.17) is 23.2 Å². The lowest BCUT2D eigenvalue weighted by Crippen LogP contribution is -2.46. The molecule has 1 saturated heterocycles. The average Bonchev–Trinajstić information content (AvgIpc) is 2.71. The summed E-state index contributed by atoms with van der Waals surface area (Å²) in [6, 6.07) is 4.03. The number of urea groups is 1. The van der Waals surface area contributed by atoms with Crippen LogP contribution in [-0.4, -0.2) is 34.7 Å². The number of hydrogen-bond donors (Lipinski definition) is 1. The van der Waals surface area contributed by atoms with E-state index < -0.39 is 11.6 Å². The van der Waals surface area contributed by atoms with Crippen LogP contribution in [0.2, 0.25) is 10.0 Å². The highest BCUT2D eigenvalue weighted by Crippen LogP contribution is 2.33. The van der Waals surface area contributed by atoms with Crippen molar-refractivity contribution in [2.24, 2.45) is 0 Å². The Kier molecular flexibility index (Phi) is 4.83. The highest BCUT2D eigenvalue weighted by atomic mass is 35.5. The van der Waals surface area contributed by atoms with E-state index >= 15 is 0 Å². The summed E-state index contributed by atoms with van der Waals surface area (Å²) in [4.78, 5) is 38.5. The van der Waals surface area contributed by atoms with Crippen LogP contribution in [0.15, 0.2) is 18.2 Å². The Balaban J connectivity index is 1.78. The summed E-state index contributed by atoms with van der Waals surface area (Å²) in [5.74, 6) is -0.682. The molecule has 5 nitrogen and oxygen atoms in total. The maximum atomic E-state index is 12.8. The SMILES string of the molecule is O=C(CN1C(=O)NC2(CCCCCC2)C1=O)c1ccc(Cl)cc1Cl. The summed E-state index contributed by atoms with van der Waals surface area (Å²) in [5.41, 5.74) is -0.582. The van der Waals surface area contributed by atoms with Crippen molar-refractivity contribution in [1.29, 1.82) is 0 Å². The first-order chi connectivity index (χ1) is 11.4. The molecular weight excluding hydrogens is 351 g/mol. The van der Waals surface area contributed by atoms with E-state index in [0.717, 1.165) is 30.6 Å². The van der Waals surface area contributed by atoms with Gasteiger partial charge in [-0.3, -0.25) is 14.5 Å². The molecule has 0 radical (unpaired) electrons. The molecule has 0 bridgehead atoms. The molecule has 1 aromatic carbocycles. The van der Waals surface area contributed by atoms with Crippen LogP contribution in [-0.2, 0) is 4.79 Å². The van der Waals surface area contributed by atoms with Crippen LogP contribution in [0, 0.1) is 0 Å². The standard InChI is InChI=1S/C17H18Cl2N2O3/c18-11-5-6-12(13(19)9-11)14(22)10-21-15(23)17(20-16(21)24)7-3-1-2-4-8-17/h5-6,9H,1-4,7-8,10H2,(H,20,24). The average molecular weight is 369 g/mol. The Bertz CT molecular complexity index is 697. The predicted octanol–water partition coefficient (Wildman–Crippen LogP) is 3.82. The second-order valence-corrected chi connectivity index (χ2v) is 7.21. The molecule has 3 rings (SSSR count). The van der Waals surface area contributed by atoms with Gasteiger partial charge >= 0.3 is 6.03 Å². The van der Waals surface area contributed by atoms with Crippen molar-refractivity contribution in [3.8, 4) is 0 Å². The number of Topliss-reactive ketones (excluding diaryl/α,β-unsaturated/α-hetero) is 1. The van der Waals surface area contributed by atoms with E-state index in [-0.39, 0.29) is 28.8 Å². The van der Waals surface area contributed by atoms with Crippen molar-refractivity contribution in [2.45, 2.75) is 44.1 Å². The summed E-state index contributed by atoms with van der Waals surface area (Å²) >= 11 is 11.9. The number of imide groups is 1. The van der Waals surface area contributed by atoms with Crippen LogP contribution < -0.4 is 5.32 Å². The van der Waals surface area contributed by atoms with Gasteiger partial charge in [-0.2, -0.15) is 0 Å². The fourth-order valence-electron chi connectivity index (χ4n) is 3.44. The molecule has 0 unspecified atom stereocenters. The monoisotopic (exact) mass is 368 g/mol. The van der Waals surface area contributed by atoms with Crippen molar-refractivity contribution < 1.29 is 14.4 Å². The highest BCUT2D eigenvalue weighted by molar-refractivity contribution is 6.37. The van der Waals surface area contributed by atoms with Gasteiger partial charge in [0.2, 0.25) is 0 Å². The molecule has 1 aromatic rings. The minimum Gasteiger partial charge on any atom is -0.323 e.